The van der Waals surface area contributed by atoms with Crippen molar-refractivity contribution in [3.05, 3.63) is 64.2 Å². The number of hydrogen-bond donors (Lipinski definition) is 1. The predicted molar refractivity (Wildman–Crippen MR) is 142 cm³/mol. The van der Waals surface area contributed by atoms with E-state index in [1.807, 2.05) is 45.0 Å². The van der Waals surface area contributed by atoms with Gasteiger partial charge in [-0.25, -0.2) is 8.42 Å². The maximum Gasteiger partial charge on any atom is 0.242 e. The van der Waals surface area contributed by atoms with Crippen LogP contribution in [-0.4, -0.2) is 50.5 Å². The summed E-state index contributed by atoms with van der Waals surface area (Å²) < 4.78 is 26.4. The molecular formula is C26H36ClN3O4S. The van der Waals surface area contributed by atoms with Gasteiger partial charge in [-0.3, -0.25) is 13.9 Å². The number of sulfonamides is 1. The van der Waals surface area contributed by atoms with Crippen LogP contribution in [0.25, 0.3) is 0 Å². The molecule has 0 spiro atoms. The van der Waals surface area contributed by atoms with Crippen LogP contribution in [0.2, 0.25) is 5.02 Å². The Balaban J connectivity index is 2.18. The van der Waals surface area contributed by atoms with E-state index in [0.29, 0.717) is 23.7 Å². The number of anilines is 1. The summed E-state index contributed by atoms with van der Waals surface area (Å²) in [6, 6.07) is 12.0. The van der Waals surface area contributed by atoms with Crippen molar-refractivity contribution in [3.8, 4) is 0 Å². The molecule has 0 fully saturated rings. The normalized spacial score (nSPS) is 12.2. The molecule has 1 atom stereocenters. The van der Waals surface area contributed by atoms with E-state index in [0.717, 1.165) is 23.1 Å². The first-order valence-corrected chi connectivity index (χ1v) is 14.0. The zero-order valence-electron chi connectivity index (χ0n) is 21.2. The number of nitrogens with one attached hydrogen (secondary N) is 1. The highest BCUT2D eigenvalue weighted by molar-refractivity contribution is 7.92. The molecular weight excluding hydrogens is 486 g/mol. The zero-order chi connectivity index (χ0) is 26.2. The third-order valence-electron chi connectivity index (χ3n) is 5.98. The van der Waals surface area contributed by atoms with Gasteiger partial charge in [0.1, 0.15) is 6.04 Å². The summed E-state index contributed by atoms with van der Waals surface area (Å²) in [5.74, 6) is -0.434. The molecule has 0 saturated carbocycles. The molecule has 0 unspecified atom stereocenters. The molecule has 9 heteroatoms. The Kier molecular flexibility index (Phi) is 10.6. The van der Waals surface area contributed by atoms with Crippen molar-refractivity contribution in [3.63, 3.8) is 0 Å². The molecule has 0 bridgehead atoms. The van der Waals surface area contributed by atoms with Crippen LogP contribution in [0.3, 0.4) is 0 Å². The van der Waals surface area contributed by atoms with Gasteiger partial charge >= 0.3 is 0 Å². The van der Waals surface area contributed by atoms with E-state index in [1.54, 1.807) is 25.1 Å². The van der Waals surface area contributed by atoms with Crippen molar-refractivity contribution in [1.29, 1.82) is 0 Å². The van der Waals surface area contributed by atoms with Crippen LogP contribution in [0.4, 0.5) is 5.69 Å². The van der Waals surface area contributed by atoms with Gasteiger partial charge in [0.05, 0.1) is 11.9 Å². The van der Waals surface area contributed by atoms with E-state index in [1.165, 1.54) is 15.5 Å². The lowest BCUT2D eigenvalue weighted by atomic mass is 10.1. The summed E-state index contributed by atoms with van der Waals surface area (Å²) in [5, 5.41) is 3.44. The summed E-state index contributed by atoms with van der Waals surface area (Å²) in [6.07, 6.45) is 2.39. The fourth-order valence-electron chi connectivity index (χ4n) is 3.75. The number of aryl methyl sites for hydroxylation is 1. The lowest BCUT2D eigenvalue weighted by Crippen LogP contribution is -2.47. The second-order valence-corrected chi connectivity index (χ2v) is 11.1. The molecule has 0 aliphatic rings. The average molecular weight is 522 g/mol. The monoisotopic (exact) mass is 521 g/mol. The first kappa shape index (κ1) is 28.7. The summed E-state index contributed by atoms with van der Waals surface area (Å²) in [5.41, 5.74) is 3.35. The fourth-order valence-corrected chi connectivity index (χ4v) is 4.90. The van der Waals surface area contributed by atoms with Crippen LogP contribution in [-0.2, 0) is 26.2 Å². The molecule has 0 aliphatic carbocycles. The number of hydrogen-bond acceptors (Lipinski definition) is 4. The number of benzene rings is 2. The highest BCUT2D eigenvalue weighted by Gasteiger charge is 2.26. The van der Waals surface area contributed by atoms with Gasteiger partial charge in [0, 0.05) is 31.1 Å². The molecule has 0 aromatic heterocycles. The van der Waals surface area contributed by atoms with Gasteiger partial charge in [-0.15, -0.1) is 0 Å². The van der Waals surface area contributed by atoms with Gasteiger partial charge in [-0.05, 0) is 68.5 Å². The second-order valence-electron chi connectivity index (χ2n) is 8.77. The first-order chi connectivity index (χ1) is 16.5. The Morgan fingerprint density at radius 3 is 2.34 bits per heavy atom. The number of nitrogens with zero attached hydrogens (tertiary/aromatic N) is 2. The predicted octanol–water partition coefficient (Wildman–Crippen LogP) is 4.45. The topological polar surface area (TPSA) is 86.8 Å². The Morgan fingerprint density at radius 1 is 1.09 bits per heavy atom. The maximum absolute atomic E-state index is 13.3. The quantitative estimate of drug-likeness (QED) is 0.447. The van der Waals surface area contributed by atoms with Gasteiger partial charge in [-0.2, -0.15) is 0 Å². The SMILES string of the molecule is CCCNC(=O)[C@H](C)N(Cc1ccc(Cl)cc1)C(=O)CCCN(c1cccc(C)c1C)S(C)(=O)=O. The Labute approximate surface area is 214 Å². The molecule has 1 N–H and O–H groups in total. The maximum atomic E-state index is 13.3. The van der Waals surface area contributed by atoms with Gasteiger partial charge in [0.25, 0.3) is 0 Å². The molecule has 0 aliphatic heterocycles. The second kappa shape index (κ2) is 12.9. The molecule has 192 valence electrons. The van der Waals surface area contributed by atoms with Crippen molar-refractivity contribution >= 4 is 39.1 Å². The zero-order valence-corrected chi connectivity index (χ0v) is 22.7. The van der Waals surface area contributed by atoms with E-state index < -0.39 is 16.1 Å². The molecule has 2 amide bonds. The molecule has 35 heavy (non-hydrogen) atoms. The summed E-state index contributed by atoms with van der Waals surface area (Å²) >= 11 is 5.99. The summed E-state index contributed by atoms with van der Waals surface area (Å²) in [6.45, 7) is 8.44. The molecule has 2 rings (SSSR count). The Hall–Kier alpha value is -2.58. The van der Waals surface area contributed by atoms with Gasteiger partial charge < -0.3 is 10.2 Å². The van der Waals surface area contributed by atoms with Crippen molar-refractivity contribution in [2.75, 3.05) is 23.7 Å². The van der Waals surface area contributed by atoms with Crippen LogP contribution in [0.15, 0.2) is 42.5 Å². The van der Waals surface area contributed by atoms with Crippen molar-refractivity contribution < 1.29 is 18.0 Å². The van der Waals surface area contributed by atoms with Gasteiger partial charge in [0.15, 0.2) is 0 Å². The Bertz CT molecular complexity index is 1120. The average Bonchev–Trinajstić information content (AvgIpc) is 2.80. The minimum absolute atomic E-state index is 0.107. The van der Waals surface area contributed by atoms with Crippen LogP contribution in [0.1, 0.15) is 49.8 Å². The highest BCUT2D eigenvalue weighted by atomic mass is 35.5. The van der Waals surface area contributed by atoms with E-state index in [2.05, 4.69) is 5.32 Å². The number of rotatable bonds is 12. The van der Waals surface area contributed by atoms with E-state index in [-0.39, 0.29) is 31.3 Å². The summed E-state index contributed by atoms with van der Waals surface area (Å²) in [7, 11) is -3.54. The lowest BCUT2D eigenvalue weighted by Gasteiger charge is -2.29. The number of carbonyl (C=O) groups excluding carboxylic acids is 2. The van der Waals surface area contributed by atoms with Crippen LogP contribution >= 0.6 is 11.6 Å². The molecule has 2 aromatic rings. The third kappa shape index (κ3) is 8.25. The third-order valence-corrected chi connectivity index (χ3v) is 7.41. The van der Waals surface area contributed by atoms with E-state index >= 15 is 0 Å². The first-order valence-electron chi connectivity index (χ1n) is 11.8. The van der Waals surface area contributed by atoms with Crippen molar-refractivity contribution in [1.82, 2.24) is 10.2 Å². The molecule has 0 heterocycles. The van der Waals surface area contributed by atoms with Crippen LogP contribution < -0.4 is 9.62 Å². The number of amides is 2. The highest BCUT2D eigenvalue weighted by Crippen LogP contribution is 2.25. The molecule has 7 nitrogen and oxygen atoms in total. The fraction of sp³-hybridized carbons (Fsp3) is 0.462. The summed E-state index contributed by atoms with van der Waals surface area (Å²) in [4.78, 5) is 27.5. The van der Waals surface area contributed by atoms with E-state index in [4.69, 9.17) is 11.6 Å². The van der Waals surface area contributed by atoms with Crippen LogP contribution in [0, 0.1) is 13.8 Å². The standard InChI is InChI=1S/C26H36ClN3O4S/c1-6-16-28-26(32)21(4)29(18-22-12-14-23(27)15-13-22)25(31)11-8-17-30(35(5,33)34)24-10-7-9-19(2)20(24)3/h7,9-10,12-15,21H,6,8,11,16-18H2,1-5H3,(H,28,32)/t21-/m0/s1. The molecule has 2 aromatic carbocycles. The van der Waals surface area contributed by atoms with Crippen molar-refractivity contribution in [2.24, 2.45) is 0 Å². The minimum Gasteiger partial charge on any atom is -0.354 e. The number of carbonyl (C=O) groups is 2. The largest absolute Gasteiger partial charge is 0.354 e. The lowest BCUT2D eigenvalue weighted by molar-refractivity contribution is -0.140. The van der Waals surface area contributed by atoms with Crippen molar-refractivity contribution in [2.45, 2.75) is 59.5 Å². The molecule has 0 radical (unpaired) electrons. The molecule has 0 saturated heterocycles. The van der Waals surface area contributed by atoms with Crippen LogP contribution in [0.5, 0.6) is 0 Å². The van der Waals surface area contributed by atoms with Gasteiger partial charge in [-0.1, -0.05) is 42.8 Å². The number of halogens is 1. The van der Waals surface area contributed by atoms with Gasteiger partial charge in [0.2, 0.25) is 21.8 Å². The Morgan fingerprint density at radius 2 is 1.74 bits per heavy atom. The minimum atomic E-state index is -3.54. The smallest absolute Gasteiger partial charge is 0.242 e. The van der Waals surface area contributed by atoms with E-state index in [9.17, 15) is 18.0 Å².